The Kier molecular flexibility index (Phi) is 3.10. The number of nitro groups is 1. The molecule has 20 heavy (non-hydrogen) atoms. The third kappa shape index (κ3) is 2.34. The van der Waals surface area contributed by atoms with Gasteiger partial charge in [-0.25, -0.2) is 0 Å². The number of nitrogens with one attached hydrogen (secondary N) is 1. The van der Waals surface area contributed by atoms with E-state index in [0.717, 1.165) is 16.3 Å². The summed E-state index contributed by atoms with van der Waals surface area (Å²) in [7, 11) is 0. The van der Waals surface area contributed by atoms with Crippen LogP contribution in [0.5, 0.6) is 0 Å². The summed E-state index contributed by atoms with van der Waals surface area (Å²) >= 11 is 0. The molecule has 5 nitrogen and oxygen atoms in total. The summed E-state index contributed by atoms with van der Waals surface area (Å²) < 4.78 is 0. The molecule has 1 N–H and O–H groups in total. The number of carbonyl (C=O) groups is 1. The molecule has 2 aromatic carbocycles. The summed E-state index contributed by atoms with van der Waals surface area (Å²) in [6.07, 6.45) is 0.356. The van der Waals surface area contributed by atoms with E-state index in [1.807, 2.05) is 42.5 Å². The van der Waals surface area contributed by atoms with Crippen LogP contribution in [0.15, 0.2) is 42.5 Å². The first-order valence-corrected chi connectivity index (χ1v) is 6.54. The first kappa shape index (κ1) is 12.6. The average Bonchev–Trinajstić information content (AvgIpc) is 3.25. The molecule has 1 aliphatic rings. The number of amides is 1. The second-order valence-corrected chi connectivity index (χ2v) is 5.05. The maximum Gasteiger partial charge on any atom is 0.230 e. The van der Waals surface area contributed by atoms with Crippen LogP contribution in [-0.2, 0) is 11.3 Å². The van der Waals surface area contributed by atoms with Gasteiger partial charge in [-0.2, -0.15) is 0 Å². The van der Waals surface area contributed by atoms with Crippen molar-refractivity contribution >= 4 is 16.7 Å². The quantitative estimate of drug-likeness (QED) is 0.683. The Morgan fingerprint density at radius 2 is 2.00 bits per heavy atom. The standard InChI is InChI=1S/C15H14N2O3/c18-15(13-8-14(13)17(19)20)16-9-11-6-3-5-10-4-1-2-7-12(10)11/h1-7,13-14H,8-9H2,(H,16,18)/t13-,14-/m0/s1. The highest BCUT2D eigenvalue weighted by molar-refractivity contribution is 5.87. The van der Waals surface area contributed by atoms with Gasteiger partial charge in [-0.05, 0) is 16.3 Å². The molecule has 0 unspecified atom stereocenters. The second kappa shape index (κ2) is 4.92. The molecule has 1 amide bonds. The van der Waals surface area contributed by atoms with Crippen molar-refractivity contribution in [3.63, 3.8) is 0 Å². The number of hydrogen-bond donors (Lipinski definition) is 1. The Morgan fingerprint density at radius 3 is 2.75 bits per heavy atom. The van der Waals surface area contributed by atoms with Gasteiger partial charge in [0.1, 0.15) is 5.92 Å². The molecule has 2 atom stereocenters. The van der Waals surface area contributed by atoms with Crippen LogP contribution < -0.4 is 5.32 Å². The molecule has 0 radical (unpaired) electrons. The molecular formula is C15H14N2O3. The van der Waals surface area contributed by atoms with Crippen molar-refractivity contribution in [3.8, 4) is 0 Å². The van der Waals surface area contributed by atoms with Gasteiger partial charge in [-0.1, -0.05) is 42.5 Å². The van der Waals surface area contributed by atoms with Crippen molar-refractivity contribution in [1.29, 1.82) is 0 Å². The minimum atomic E-state index is -0.692. The van der Waals surface area contributed by atoms with Gasteiger partial charge in [0.15, 0.2) is 0 Å². The van der Waals surface area contributed by atoms with Crippen molar-refractivity contribution in [3.05, 3.63) is 58.1 Å². The van der Waals surface area contributed by atoms with E-state index in [0.29, 0.717) is 13.0 Å². The first-order chi connectivity index (χ1) is 9.66. The van der Waals surface area contributed by atoms with Crippen molar-refractivity contribution in [2.24, 2.45) is 5.92 Å². The van der Waals surface area contributed by atoms with Crippen LogP contribution in [0, 0.1) is 16.0 Å². The highest BCUT2D eigenvalue weighted by atomic mass is 16.6. The number of hydrogen-bond acceptors (Lipinski definition) is 3. The average molecular weight is 270 g/mol. The molecule has 0 aromatic heterocycles. The van der Waals surface area contributed by atoms with E-state index in [-0.39, 0.29) is 10.8 Å². The lowest BCUT2D eigenvalue weighted by atomic mass is 10.0. The Hall–Kier alpha value is -2.43. The van der Waals surface area contributed by atoms with E-state index < -0.39 is 12.0 Å². The molecule has 0 heterocycles. The second-order valence-electron chi connectivity index (χ2n) is 5.05. The van der Waals surface area contributed by atoms with Crippen LogP contribution in [0.3, 0.4) is 0 Å². The summed E-state index contributed by atoms with van der Waals surface area (Å²) in [6, 6.07) is 13.2. The third-order valence-corrected chi connectivity index (χ3v) is 3.70. The van der Waals surface area contributed by atoms with Gasteiger partial charge in [0.2, 0.25) is 11.9 Å². The zero-order valence-electron chi connectivity index (χ0n) is 10.8. The largest absolute Gasteiger partial charge is 0.352 e. The van der Waals surface area contributed by atoms with Crippen LogP contribution in [-0.4, -0.2) is 16.9 Å². The van der Waals surface area contributed by atoms with Gasteiger partial charge in [0, 0.05) is 17.9 Å². The maximum atomic E-state index is 11.8. The van der Waals surface area contributed by atoms with Crippen molar-refractivity contribution in [2.75, 3.05) is 0 Å². The number of fused-ring (bicyclic) bond motifs is 1. The van der Waals surface area contributed by atoms with Crippen molar-refractivity contribution < 1.29 is 9.72 Å². The summed E-state index contributed by atoms with van der Waals surface area (Å²) in [5.74, 6) is -0.681. The van der Waals surface area contributed by atoms with E-state index in [1.165, 1.54) is 0 Å². The number of nitrogens with zero attached hydrogens (tertiary/aromatic N) is 1. The van der Waals surface area contributed by atoms with Crippen LogP contribution in [0.2, 0.25) is 0 Å². The fraction of sp³-hybridized carbons (Fsp3) is 0.267. The third-order valence-electron chi connectivity index (χ3n) is 3.70. The van der Waals surface area contributed by atoms with Gasteiger partial charge in [-0.3, -0.25) is 14.9 Å². The van der Waals surface area contributed by atoms with Crippen molar-refractivity contribution in [2.45, 2.75) is 19.0 Å². The molecule has 0 saturated heterocycles. The summed E-state index contributed by atoms with van der Waals surface area (Å²) in [6.45, 7) is 0.404. The van der Waals surface area contributed by atoms with Crippen LogP contribution >= 0.6 is 0 Å². The lowest BCUT2D eigenvalue weighted by molar-refractivity contribution is -0.497. The van der Waals surface area contributed by atoms with Gasteiger partial charge >= 0.3 is 0 Å². The minimum absolute atomic E-state index is 0.223. The van der Waals surface area contributed by atoms with Crippen molar-refractivity contribution in [1.82, 2.24) is 5.32 Å². The zero-order chi connectivity index (χ0) is 14.1. The van der Waals surface area contributed by atoms with E-state index in [4.69, 9.17) is 0 Å². The molecule has 102 valence electrons. The van der Waals surface area contributed by atoms with Crippen LogP contribution in [0.1, 0.15) is 12.0 Å². The van der Waals surface area contributed by atoms with Gasteiger partial charge < -0.3 is 5.32 Å². The van der Waals surface area contributed by atoms with Gasteiger partial charge in [0.25, 0.3) is 0 Å². The smallest absolute Gasteiger partial charge is 0.230 e. The van der Waals surface area contributed by atoms with Crippen LogP contribution in [0.4, 0.5) is 0 Å². The fourth-order valence-corrected chi connectivity index (χ4v) is 2.46. The molecule has 0 spiro atoms. The van der Waals surface area contributed by atoms with Crippen LogP contribution in [0.25, 0.3) is 10.8 Å². The Morgan fingerprint density at radius 1 is 1.25 bits per heavy atom. The Labute approximate surface area is 115 Å². The predicted octanol–water partition coefficient (Wildman–Crippen LogP) is 2.12. The summed E-state index contributed by atoms with van der Waals surface area (Å²) in [5, 5.41) is 15.6. The molecule has 1 aliphatic carbocycles. The lowest BCUT2D eigenvalue weighted by Gasteiger charge is -2.07. The highest BCUT2D eigenvalue weighted by Gasteiger charge is 2.53. The number of rotatable bonds is 4. The monoisotopic (exact) mass is 270 g/mol. The molecule has 1 saturated carbocycles. The summed E-state index contributed by atoms with van der Waals surface area (Å²) in [5.41, 5.74) is 1.02. The molecule has 0 aliphatic heterocycles. The Balaban J connectivity index is 1.69. The highest BCUT2D eigenvalue weighted by Crippen LogP contribution is 2.33. The molecular weight excluding hydrogens is 256 g/mol. The first-order valence-electron chi connectivity index (χ1n) is 6.54. The molecule has 2 aromatic rings. The lowest BCUT2D eigenvalue weighted by Crippen LogP contribution is -2.26. The molecule has 1 fully saturated rings. The van der Waals surface area contributed by atoms with E-state index in [1.54, 1.807) is 0 Å². The normalized spacial score (nSPS) is 20.6. The minimum Gasteiger partial charge on any atom is -0.352 e. The number of benzene rings is 2. The van der Waals surface area contributed by atoms with Gasteiger partial charge in [-0.15, -0.1) is 0 Å². The molecule has 3 rings (SSSR count). The SMILES string of the molecule is O=C(NCc1cccc2ccccc12)[C@H]1C[C@@H]1[N+](=O)[O-]. The molecule has 5 heteroatoms. The number of carbonyl (C=O) groups excluding carboxylic acids is 1. The predicted molar refractivity (Wildman–Crippen MR) is 74.7 cm³/mol. The fourth-order valence-electron chi connectivity index (χ4n) is 2.46. The van der Waals surface area contributed by atoms with E-state index >= 15 is 0 Å². The Bertz CT molecular complexity index is 678. The summed E-state index contributed by atoms with van der Waals surface area (Å²) in [4.78, 5) is 22.0. The van der Waals surface area contributed by atoms with E-state index in [9.17, 15) is 14.9 Å². The van der Waals surface area contributed by atoms with E-state index in [2.05, 4.69) is 5.32 Å². The maximum absolute atomic E-state index is 11.8. The topological polar surface area (TPSA) is 72.2 Å². The molecule has 0 bridgehead atoms. The van der Waals surface area contributed by atoms with Gasteiger partial charge in [0.05, 0.1) is 0 Å². The zero-order valence-corrected chi connectivity index (χ0v) is 10.8.